The molecule has 0 bridgehead atoms. The van der Waals surface area contributed by atoms with Gasteiger partial charge in [0.15, 0.2) is 0 Å². The first-order valence-electron chi connectivity index (χ1n) is 9.31. The van der Waals surface area contributed by atoms with Gasteiger partial charge in [-0.3, -0.25) is 4.79 Å². The van der Waals surface area contributed by atoms with Gasteiger partial charge < -0.3 is 25.4 Å². The predicted molar refractivity (Wildman–Crippen MR) is 107 cm³/mol. The van der Waals surface area contributed by atoms with Crippen molar-refractivity contribution in [1.29, 1.82) is 0 Å². The fraction of sp³-hybridized carbons (Fsp3) is 0.381. The van der Waals surface area contributed by atoms with Gasteiger partial charge in [0.1, 0.15) is 5.75 Å². The van der Waals surface area contributed by atoms with Gasteiger partial charge in [0.2, 0.25) is 5.91 Å². The number of benzene rings is 2. The maximum Gasteiger partial charge on any atom is 0.239 e. The minimum absolute atomic E-state index is 0.0679. The molecule has 1 fully saturated rings. The monoisotopic (exact) mass is 369 g/mol. The van der Waals surface area contributed by atoms with Gasteiger partial charge in [0, 0.05) is 19.6 Å². The highest BCUT2D eigenvalue weighted by molar-refractivity contribution is 5.82. The number of hydrogen-bond donors (Lipinski definition) is 3. The third kappa shape index (κ3) is 5.37. The van der Waals surface area contributed by atoms with Crippen LogP contribution in [0.3, 0.4) is 0 Å². The maximum atomic E-state index is 12.2. The molecule has 1 aliphatic heterocycles. The summed E-state index contributed by atoms with van der Waals surface area (Å²) in [7, 11) is 1.63. The number of aliphatic hydroxyl groups excluding tert-OH is 1. The molecule has 3 rings (SSSR count). The highest BCUT2D eigenvalue weighted by Gasteiger charge is 2.19. The number of nitrogens with zero attached hydrogens (tertiary/aromatic N) is 1. The largest absolute Gasteiger partial charge is 0.497 e. The minimum Gasteiger partial charge on any atom is -0.497 e. The van der Waals surface area contributed by atoms with Gasteiger partial charge in [-0.05, 0) is 42.7 Å². The molecule has 0 aliphatic carbocycles. The molecule has 0 unspecified atom stereocenters. The fourth-order valence-corrected chi connectivity index (χ4v) is 3.23. The van der Waals surface area contributed by atoms with Gasteiger partial charge in [0.05, 0.1) is 31.1 Å². The van der Waals surface area contributed by atoms with Crippen LogP contribution in [0.4, 0.5) is 11.4 Å². The number of piperidine rings is 1. The van der Waals surface area contributed by atoms with Crippen molar-refractivity contribution in [1.82, 2.24) is 5.32 Å². The Balaban J connectivity index is 1.53. The second-order valence-electron chi connectivity index (χ2n) is 6.72. The van der Waals surface area contributed by atoms with Crippen molar-refractivity contribution in [3.8, 4) is 5.75 Å². The van der Waals surface area contributed by atoms with E-state index in [-0.39, 0.29) is 18.6 Å². The summed E-state index contributed by atoms with van der Waals surface area (Å²) < 4.78 is 5.20. The summed E-state index contributed by atoms with van der Waals surface area (Å²) in [4.78, 5) is 14.5. The molecule has 0 radical (unpaired) electrons. The first-order valence-corrected chi connectivity index (χ1v) is 9.31. The Labute approximate surface area is 160 Å². The van der Waals surface area contributed by atoms with Crippen LogP contribution in [0.25, 0.3) is 0 Å². The molecule has 0 saturated carbocycles. The van der Waals surface area contributed by atoms with Crippen molar-refractivity contribution in [3.63, 3.8) is 0 Å². The Morgan fingerprint density at radius 1 is 1.19 bits per heavy atom. The number of aliphatic hydroxyl groups is 1. The van der Waals surface area contributed by atoms with Gasteiger partial charge >= 0.3 is 0 Å². The number of rotatable bonds is 7. The van der Waals surface area contributed by atoms with Gasteiger partial charge in [-0.15, -0.1) is 0 Å². The Morgan fingerprint density at radius 2 is 1.96 bits per heavy atom. The highest BCUT2D eigenvalue weighted by Crippen LogP contribution is 2.28. The maximum absolute atomic E-state index is 12.2. The molecule has 0 spiro atoms. The molecule has 2 aromatic carbocycles. The Hall–Kier alpha value is -2.73. The molecule has 144 valence electrons. The summed E-state index contributed by atoms with van der Waals surface area (Å²) in [6, 6.07) is 15.6. The molecule has 0 aromatic heterocycles. The van der Waals surface area contributed by atoms with E-state index >= 15 is 0 Å². The quantitative estimate of drug-likeness (QED) is 0.699. The Kier molecular flexibility index (Phi) is 6.54. The molecule has 6 nitrogen and oxygen atoms in total. The number of methoxy groups -OCH3 is 1. The molecule has 3 N–H and O–H groups in total. The lowest BCUT2D eigenvalue weighted by molar-refractivity contribution is -0.119. The normalized spacial score (nSPS) is 14.7. The van der Waals surface area contributed by atoms with Gasteiger partial charge in [-0.25, -0.2) is 0 Å². The minimum atomic E-state index is -0.205. The SMILES string of the molecule is COc1cccc(CNC(=O)CNc2ccccc2N2CCC(O)CC2)c1. The van der Waals surface area contributed by atoms with Crippen LogP contribution in [0.15, 0.2) is 48.5 Å². The van der Waals surface area contributed by atoms with Crippen LogP contribution in [0.1, 0.15) is 18.4 Å². The second-order valence-corrected chi connectivity index (χ2v) is 6.72. The number of para-hydroxylation sites is 2. The smallest absolute Gasteiger partial charge is 0.239 e. The second kappa shape index (κ2) is 9.28. The molecule has 1 amide bonds. The van der Waals surface area contributed by atoms with Gasteiger partial charge in [-0.1, -0.05) is 24.3 Å². The lowest BCUT2D eigenvalue weighted by atomic mass is 10.1. The molecule has 2 aromatic rings. The molecule has 27 heavy (non-hydrogen) atoms. The van der Waals surface area contributed by atoms with Crippen molar-refractivity contribution >= 4 is 17.3 Å². The van der Waals surface area contributed by atoms with Crippen LogP contribution in [-0.2, 0) is 11.3 Å². The molecule has 0 atom stereocenters. The first kappa shape index (κ1) is 19.0. The number of carbonyl (C=O) groups excluding carboxylic acids is 1. The van der Waals surface area contributed by atoms with Crippen LogP contribution in [0.5, 0.6) is 5.75 Å². The van der Waals surface area contributed by atoms with E-state index in [1.54, 1.807) is 7.11 Å². The van der Waals surface area contributed by atoms with E-state index in [9.17, 15) is 9.90 Å². The number of amides is 1. The first-order chi connectivity index (χ1) is 13.2. The zero-order valence-electron chi connectivity index (χ0n) is 15.6. The van der Waals surface area contributed by atoms with Crippen LogP contribution in [0.2, 0.25) is 0 Å². The number of anilines is 2. The van der Waals surface area contributed by atoms with Crippen molar-refractivity contribution in [3.05, 3.63) is 54.1 Å². The predicted octanol–water partition coefficient (Wildman–Crippen LogP) is 2.38. The molecule has 6 heteroatoms. The van der Waals surface area contributed by atoms with Crippen molar-refractivity contribution < 1.29 is 14.6 Å². The van der Waals surface area contributed by atoms with Crippen LogP contribution in [0, 0.1) is 0 Å². The molecule has 1 heterocycles. The molecule has 1 saturated heterocycles. The van der Waals surface area contributed by atoms with Crippen LogP contribution >= 0.6 is 0 Å². The standard InChI is InChI=1S/C21H27N3O3/c1-27-18-6-4-5-16(13-18)14-23-21(26)15-22-19-7-2-3-8-20(19)24-11-9-17(25)10-12-24/h2-8,13,17,22,25H,9-12,14-15H2,1H3,(H,23,26). The van der Waals surface area contributed by atoms with E-state index in [0.29, 0.717) is 6.54 Å². The highest BCUT2D eigenvalue weighted by atomic mass is 16.5. The lowest BCUT2D eigenvalue weighted by Crippen LogP contribution is -2.36. The van der Waals surface area contributed by atoms with Crippen molar-refractivity contribution in [2.24, 2.45) is 0 Å². The van der Waals surface area contributed by atoms with E-state index in [2.05, 4.69) is 15.5 Å². The van der Waals surface area contributed by atoms with Crippen molar-refractivity contribution in [2.75, 3.05) is 37.0 Å². The summed E-state index contributed by atoms with van der Waals surface area (Å²) >= 11 is 0. The lowest BCUT2D eigenvalue weighted by Gasteiger charge is -2.32. The van der Waals surface area contributed by atoms with Crippen molar-refractivity contribution in [2.45, 2.75) is 25.5 Å². The van der Waals surface area contributed by atoms with Crippen LogP contribution < -0.4 is 20.3 Å². The summed E-state index contributed by atoms with van der Waals surface area (Å²) in [6.07, 6.45) is 1.34. The van der Waals surface area contributed by atoms with E-state index in [0.717, 1.165) is 48.6 Å². The summed E-state index contributed by atoms with van der Waals surface area (Å²) in [5, 5.41) is 15.9. The number of carbonyl (C=O) groups is 1. The van der Waals surface area contributed by atoms with E-state index in [1.807, 2.05) is 48.5 Å². The van der Waals surface area contributed by atoms with Gasteiger partial charge in [-0.2, -0.15) is 0 Å². The van der Waals surface area contributed by atoms with E-state index < -0.39 is 0 Å². The average molecular weight is 369 g/mol. The average Bonchev–Trinajstić information content (AvgIpc) is 2.72. The Bertz CT molecular complexity index is 758. The topological polar surface area (TPSA) is 73.8 Å². The van der Waals surface area contributed by atoms with E-state index in [4.69, 9.17) is 4.74 Å². The summed E-state index contributed by atoms with van der Waals surface area (Å²) in [5.74, 6) is 0.710. The number of nitrogens with one attached hydrogen (secondary N) is 2. The summed E-state index contributed by atoms with van der Waals surface area (Å²) in [6.45, 7) is 2.31. The summed E-state index contributed by atoms with van der Waals surface area (Å²) in [5.41, 5.74) is 3.00. The zero-order valence-corrected chi connectivity index (χ0v) is 15.6. The molecule has 1 aliphatic rings. The third-order valence-electron chi connectivity index (χ3n) is 4.77. The number of ether oxygens (including phenoxy) is 1. The zero-order chi connectivity index (χ0) is 19.1. The van der Waals surface area contributed by atoms with Crippen LogP contribution in [-0.4, -0.2) is 43.9 Å². The van der Waals surface area contributed by atoms with E-state index in [1.165, 1.54) is 0 Å². The third-order valence-corrected chi connectivity index (χ3v) is 4.77. The number of hydrogen-bond acceptors (Lipinski definition) is 5. The Morgan fingerprint density at radius 3 is 2.74 bits per heavy atom. The van der Waals surface area contributed by atoms with Gasteiger partial charge in [0.25, 0.3) is 0 Å². The fourth-order valence-electron chi connectivity index (χ4n) is 3.23. The molecular formula is C21H27N3O3. The molecular weight excluding hydrogens is 342 g/mol.